The van der Waals surface area contributed by atoms with E-state index >= 15 is 0 Å². The van der Waals surface area contributed by atoms with Crippen LogP contribution in [-0.4, -0.2) is 43.8 Å². The van der Waals surface area contributed by atoms with Crippen molar-refractivity contribution in [1.82, 2.24) is 30.2 Å². The van der Waals surface area contributed by atoms with Gasteiger partial charge in [0.05, 0.1) is 42.3 Å². The molecule has 7 nitrogen and oxygen atoms in total. The van der Waals surface area contributed by atoms with Gasteiger partial charge < -0.3 is 20.2 Å². The molecule has 2 fully saturated rings. The number of imidazole rings is 2. The molecule has 2 atom stereocenters. The molecule has 0 radical (unpaired) electrons. The lowest BCUT2D eigenvalue weighted by Crippen LogP contribution is -2.32. The fourth-order valence-electron chi connectivity index (χ4n) is 7.59. The first kappa shape index (κ1) is 28.0. The van der Waals surface area contributed by atoms with Crippen LogP contribution in [0.4, 0.5) is 0 Å². The molecular weight excluding hydrogens is 556 g/mol. The third kappa shape index (κ3) is 5.50. The predicted octanol–water partition coefficient (Wildman–Crippen LogP) is 5.75. The number of amides is 1. The van der Waals surface area contributed by atoms with Crippen LogP contribution in [0.25, 0.3) is 34.6 Å². The van der Waals surface area contributed by atoms with E-state index in [1.165, 1.54) is 39.1 Å². The molecule has 3 N–H and O–H groups in total. The van der Waals surface area contributed by atoms with E-state index in [0.717, 1.165) is 86.6 Å². The number of aromatic amines is 2. The second kappa shape index (κ2) is 12.1. The highest BCUT2D eigenvalue weighted by atomic mass is 16.2. The van der Waals surface area contributed by atoms with Crippen LogP contribution in [0.3, 0.4) is 0 Å². The van der Waals surface area contributed by atoms with Gasteiger partial charge in [0.1, 0.15) is 11.6 Å². The first-order chi connectivity index (χ1) is 22.2. The average molecular weight is 597 g/mol. The van der Waals surface area contributed by atoms with Gasteiger partial charge in [0.2, 0.25) is 5.91 Å². The number of carbonyl (C=O) groups excluding carboxylic acids is 1. The molecule has 45 heavy (non-hydrogen) atoms. The van der Waals surface area contributed by atoms with Gasteiger partial charge in [0.25, 0.3) is 0 Å². The highest BCUT2D eigenvalue weighted by Crippen LogP contribution is 2.34. The average Bonchev–Trinajstić information content (AvgIpc) is 3.91. The van der Waals surface area contributed by atoms with Gasteiger partial charge in [-0.3, -0.25) is 4.79 Å². The predicted molar refractivity (Wildman–Crippen MR) is 179 cm³/mol. The van der Waals surface area contributed by atoms with E-state index in [0.29, 0.717) is 12.5 Å². The molecular formula is C38H40N6O. The zero-order valence-corrected chi connectivity index (χ0v) is 25.7. The minimum atomic E-state index is 0.0162. The zero-order chi connectivity index (χ0) is 30.2. The molecule has 2 aliphatic carbocycles. The van der Waals surface area contributed by atoms with Crippen LogP contribution in [0.15, 0.2) is 67.0 Å². The smallest absolute Gasteiger partial charge is 0.227 e. The lowest BCUT2D eigenvalue weighted by molar-refractivity contribution is -0.131. The molecule has 2 aliphatic heterocycles. The number of hydrogen-bond donors (Lipinski definition) is 3. The van der Waals surface area contributed by atoms with Crippen LogP contribution in [-0.2, 0) is 11.2 Å². The van der Waals surface area contributed by atoms with Crippen molar-refractivity contribution >= 4 is 29.2 Å². The summed E-state index contributed by atoms with van der Waals surface area (Å²) in [6, 6.07) is 14.9. The maximum Gasteiger partial charge on any atom is 0.227 e. The Morgan fingerprint density at radius 2 is 1.53 bits per heavy atom. The Morgan fingerprint density at radius 3 is 2.33 bits per heavy atom. The largest absolute Gasteiger partial charge is 0.341 e. The van der Waals surface area contributed by atoms with E-state index in [1.807, 2.05) is 47.6 Å². The molecule has 7 heteroatoms. The Hall–Kier alpha value is -4.49. The number of fused-ring (bicyclic) bond motifs is 1. The highest BCUT2D eigenvalue weighted by molar-refractivity contribution is 5.80. The first-order valence-corrected chi connectivity index (χ1v) is 16.6. The van der Waals surface area contributed by atoms with Gasteiger partial charge in [0, 0.05) is 12.1 Å². The number of nitrogens with one attached hydrogen (secondary N) is 3. The monoisotopic (exact) mass is 596 g/mol. The normalized spacial score (nSPS) is 21.1. The van der Waals surface area contributed by atoms with E-state index in [-0.39, 0.29) is 11.9 Å². The summed E-state index contributed by atoms with van der Waals surface area (Å²) in [5.74, 6) is 2.13. The number of allylic oxidation sites excluding steroid dienone is 4. The molecule has 228 valence electrons. The molecule has 0 bridgehead atoms. The number of likely N-dealkylation sites (tertiary alicyclic amines) is 1. The number of hydrogen-bond acceptors (Lipinski definition) is 4. The topological polar surface area (TPSA) is 89.7 Å². The summed E-state index contributed by atoms with van der Waals surface area (Å²) in [5, 5.41) is 6.23. The lowest BCUT2D eigenvalue weighted by atomic mass is 9.88. The van der Waals surface area contributed by atoms with Gasteiger partial charge in [-0.25, -0.2) is 9.97 Å². The van der Waals surface area contributed by atoms with E-state index in [1.54, 1.807) is 0 Å². The highest BCUT2D eigenvalue weighted by Gasteiger charge is 2.32. The van der Waals surface area contributed by atoms with Gasteiger partial charge >= 0.3 is 0 Å². The van der Waals surface area contributed by atoms with Crippen molar-refractivity contribution in [3.05, 3.63) is 106 Å². The second-order valence-electron chi connectivity index (χ2n) is 12.8. The van der Waals surface area contributed by atoms with Crippen molar-refractivity contribution < 1.29 is 4.79 Å². The molecule has 0 saturated carbocycles. The summed E-state index contributed by atoms with van der Waals surface area (Å²) < 4.78 is 0. The molecule has 4 aromatic rings. The van der Waals surface area contributed by atoms with Gasteiger partial charge in [-0.1, -0.05) is 66.8 Å². The summed E-state index contributed by atoms with van der Waals surface area (Å²) in [6.07, 6.45) is 22.1. The molecule has 4 heterocycles. The maximum atomic E-state index is 13.2. The van der Waals surface area contributed by atoms with Gasteiger partial charge in [-0.2, -0.15) is 0 Å². The van der Waals surface area contributed by atoms with Crippen molar-refractivity contribution in [3.63, 3.8) is 0 Å². The maximum absolute atomic E-state index is 13.2. The van der Waals surface area contributed by atoms with Gasteiger partial charge in [0.15, 0.2) is 0 Å². The Bertz CT molecular complexity index is 1910. The molecule has 1 amide bonds. The van der Waals surface area contributed by atoms with Crippen LogP contribution in [0, 0.1) is 0 Å². The summed E-state index contributed by atoms with van der Waals surface area (Å²) >= 11 is 0. The minimum absolute atomic E-state index is 0.0162. The zero-order valence-electron chi connectivity index (χ0n) is 25.7. The van der Waals surface area contributed by atoms with Crippen molar-refractivity contribution in [2.45, 2.75) is 69.9 Å². The number of benzene rings is 2. The number of nitrogens with zero attached hydrogens (tertiary/aromatic N) is 3. The van der Waals surface area contributed by atoms with Crippen LogP contribution in [0.5, 0.6) is 0 Å². The second-order valence-corrected chi connectivity index (χ2v) is 12.8. The molecule has 4 aliphatic rings. The van der Waals surface area contributed by atoms with Crippen LogP contribution >= 0.6 is 0 Å². The Balaban J connectivity index is 1.02. The number of aromatic nitrogens is 4. The quantitative estimate of drug-likeness (QED) is 0.254. The molecule has 8 rings (SSSR count). The van der Waals surface area contributed by atoms with Crippen LogP contribution < -0.4 is 15.8 Å². The van der Waals surface area contributed by atoms with Gasteiger partial charge in [-0.05, 0) is 90.6 Å². The van der Waals surface area contributed by atoms with E-state index < -0.39 is 0 Å². The summed E-state index contributed by atoms with van der Waals surface area (Å²) in [6.45, 7) is 1.85. The van der Waals surface area contributed by atoms with Crippen molar-refractivity contribution in [2.75, 3.05) is 13.1 Å². The summed E-state index contributed by atoms with van der Waals surface area (Å²) in [7, 11) is 0. The SMILES string of the molecule is O=C(Cc1ccccc1)N1CCCC1c1ncc(C2=CC=C(c3ccc(-c4cnc(C5CCCN5)[nH]4)c4c3=CCCC=4)CC2)[nH]1. The lowest BCUT2D eigenvalue weighted by Gasteiger charge is -2.23. The molecule has 2 aromatic carbocycles. The molecule has 2 unspecified atom stereocenters. The first-order valence-electron chi connectivity index (χ1n) is 16.6. The molecule has 2 saturated heterocycles. The van der Waals surface area contributed by atoms with E-state index in [4.69, 9.17) is 9.97 Å². The number of carbonyl (C=O) groups is 1. The number of rotatable bonds is 7. The minimum Gasteiger partial charge on any atom is -0.341 e. The van der Waals surface area contributed by atoms with Crippen molar-refractivity contribution in [3.8, 4) is 11.3 Å². The fourth-order valence-corrected chi connectivity index (χ4v) is 7.59. The molecule has 2 aromatic heterocycles. The van der Waals surface area contributed by atoms with Crippen LogP contribution in [0.2, 0.25) is 0 Å². The van der Waals surface area contributed by atoms with E-state index in [9.17, 15) is 4.79 Å². The Kier molecular flexibility index (Phi) is 7.55. The third-order valence-corrected chi connectivity index (χ3v) is 9.95. The standard InChI is InChI=1S/C38H40N6O/c45-36(22-25-8-2-1-3-9-25)44-21-7-13-35(44)38-41-23-33(42-38)27-16-14-26(15-17-27)28-18-19-31(30-11-5-4-10-29(28)30)34-24-40-37(43-34)32-12-6-20-39-32/h1-3,8-11,14,16,18-19,23-24,32,35,39H,4-7,12-13,15,17,20-22H2,(H,40,43)(H,41,42). The van der Waals surface area contributed by atoms with Crippen molar-refractivity contribution in [2.24, 2.45) is 0 Å². The van der Waals surface area contributed by atoms with Crippen LogP contribution in [0.1, 0.15) is 91.9 Å². The third-order valence-electron chi connectivity index (χ3n) is 9.95. The van der Waals surface area contributed by atoms with Crippen molar-refractivity contribution in [1.29, 1.82) is 0 Å². The van der Waals surface area contributed by atoms with Gasteiger partial charge in [-0.15, -0.1) is 0 Å². The Labute approximate surface area is 263 Å². The Morgan fingerprint density at radius 1 is 0.800 bits per heavy atom. The molecule has 0 spiro atoms. The number of H-pyrrole nitrogens is 2. The summed E-state index contributed by atoms with van der Waals surface area (Å²) in [5.41, 5.74) is 8.44. The fraction of sp³-hybridized carbons (Fsp3) is 0.342. The van der Waals surface area contributed by atoms with E-state index in [2.05, 4.69) is 51.7 Å². The summed E-state index contributed by atoms with van der Waals surface area (Å²) in [4.78, 5) is 31.9.